The van der Waals surface area contributed by atoms with Crippen molar-refractivity contribution in [3.8, 4) is 0 Å². The van der Waals surface area contributed by atoms with Crippen LogP contribution in [0.2, 0.25) is 0 Å². The van der Waals surface area contributed by atoms with Gasteiger partial charge in [0.25, 0.3) is 0 Å². The van der Waals surface area contributed by atoms with Crippen LogP contribution in [0, 0.1) is 6.92 Å². The number of nitrogens with zero attached hydrogens (tertiary/aromatic N) is 1. The van der Waals surface area contributed by atoms with E-state index in [1.165, 1.54) is 10.9 Å². The van der Waals surface area contributed by atoms with Crippen molar-refractivity contribution in [3.05, 3.63) is 53.7 Å². The summed E-state index contributed by atoms with van der Waals surface area (Å²) in [6.07, 6.45) is 5.94. The summed E-state index contributed by atoms with van der Waals surface area (Å²) < 4.78 is 0. The molecule has 0 atom stereocenters. The van der Waals surface area contributed by atoms with Gasteiger partial charge in [-0.25, -0.2) is 4.98 Å². The Hall–Kier alpha value is -1.89. The van der Waals surface area contributed by atoms with E-state index in [0.717, 1.165) is 16.8 Å². The van der Waals surface area contributed by atoms with Crippen molar-refractivity contribution in [2.24, 2.45) is 0 Å². The maximum Gasteiger partial charge on any atom is 0.0712 e. The number of rotatable bonds is 2. The Labute approximate surface area is 96.1 Å². The summed E-state index contributed by atoms with van der Waals surface area (Å²) in [5, 5.41) is 1.21. The number of aryl methyl sites for hydroxylation is 1. The topological polar surface area (TPSA) is 12.9 Å². The van der Waals surface area contributed by atoms with Gasteiger partial charge in [0, 0.05) is 10.9 Å². The molecule has 1 heterocycles. The molecule has 0 saturated carbocycles. The fourth-order valence-electron chi connectivity index (χ4n) is 1.95. The van der Waals surface area contributed by atoms with Crippen molar-refractivity contribution in [3.63, 3.8) is 0 Å². The SMILES string of the molecule is C=Cc1nc2ccccc2c(C)c1/C=C\C. The zero-order chi connectivity index (χ0) is 11.5. The predicted octanol–water partition coefficient (Wildman–Crippen LogP) is 4.22. The van der Waals surface area contributed by atoms with Crippen molar-refractivity contribution >= 4 is 23.1 Å². The number of fused-ring (bicyclic) bond motifs is 1. The molecule has 0 amide bonds. The van der Waals surface area contributed by atoms with E-state index in [2.05, 4.69) is 30.6 Å². The second-order valence-electron chi connectivity index (χ2n) is 3.76. The fraction of sp³-hybridized carbons (Fsp3) is 0.133. The summed E-state index contributed by atoms with van der Waals surface area (Å²) in [5.74, 6) is 0. The van der Waals surface area contributed by atoms with Crippen LogP contribution in [-0.4, -0.2) is 4.98 Å². The first-order valence-corrected chi connectivity index (χ1v) is 5.42. The summed E-state index contributed by atoms with van der Waals surface area (Å²) in [6.45, 7) is 7.97. The van der Waals surface area contributed by atoms with Gasteiger partial charge < -0.3 is 0 Å². The third-order valence-electron chi connectivity index (χ3n) is 2.76. The van der Waals surface area contributed by atoms with Crippen LogP contribution in [0.5, 0.6) is 0 Å². The molecule has 0 spiro atoms. The maximum atomic E-state index is 4.60. The lowest BCUT2D eigenvalue weighted by atomic mass is 10.0. The largest absolute Gasteiger partial charge is 0.248 e. The highest BCUT2D eigenvalue weighted by Gasteiger charge is 2.06. The van der Waals surface area contributed by atoms with E-state index in [1.807, 2.05) is 37.3 Å². The highest BCUT2D eigenvalue weighted by molar-refractivity contribution is 5.87. The van der Waals surface area contributed by atoms with Crippen LogP contribution < -0.4 is 0 Å². The Morgan fingerprint density at radius 1 is 1.25 bits per heavy atom. The van der Waals surface area contributed by atoms with Gasteiger partial charge in [0.05, 0.1) is 11.2 Å². The first-order valence-electron chi connectivity index (χ1n) is 5.42. The van der Waals surface area contributed by atoms with Gasteiger partial charge in [0.15, 0.2) is 0 Å². The molecule has 0 fully saturated rings. The summed E-state index contributed by atoms with van der Waals surface area (Å²) >= 11 is 0. The molecule has 0 aliphatic heterocycles. The minimum atomic E-state index is 0.953. The number of allylic oxidation sites excluding steroid dienone is 1. The fourth-order valence-corrected chi connectivity index (χ4v) is 1.95. The molecule has 0 bridgehead atoms. The Kier molecular flexibility index (Phi) is 2.86. The summed E-state index contributed by atoms with van der Waals surface area (Å²) in [5.41, 5.74) is 4.41. The molecule has 16 heavy (non-hydrogen) atoms. The summed E-state index contributed by atoms with van der Waals surface area (Å²) in [7, 11) is 0. The van der Waals surface area contributed by atoms with Gasteiger partial charge in [-0.05, 0) is 31.6 Å². The highest BCUT2D eigenvalue weighted by atomic mass is 14.7. The number of pyridine rings is 1. The zero-order valence-electron chi connectivity index (χ0n) is 9.70. The first-order chi connectivity index (χ1) is 7.77. The second-order valence-corrected chi connectivity index (χ2v) is 3.76. The van der Waals surface area contributed by atoms with Crippen LogP contribution in [0.25, 0.3) is 23.1 Å². The van der Waals surface area contributed by atoms with Crippen LogP contribution >= 0.6 is 0 Å². The van der Waals surface area contributed by atoms with E-state index < -0.39 is 0 Å². The van der Waals surface area contributed by atoms with Crippen molar-refractivity contribution in [1.82, 2.24) is 4.98 Å². The van der Waals surface area contributed by atoms with Crippen LogP contribution in [0.3, 0.4) is 0 Å². The van der Waals surface area contributed by atoms with Gasteiger partial charge >= 0.3 is 0 Å². The van der Waals surface area contributed by atoms with E-state index in [1.54, 1.807) is 0 Å². The van der Waals surface area contributed by atoms with Crippen LogP contribution in [0.1, 0.15) is 23.7 Å². The normalized spacial score (nSPS) is 11.1. The van der Waals surface area contributed by atoms with E-state index in [-0.39, 0.29) is 0 Å². The Bertz CT molecular complexity index is 565. The molecule has 2 aromatic rings. The van der Waals surface area contributed by atoms with Gasteiger partial charge in [-0.1, -0.05) is 36.9 Å². The Balaban J connectivity index is 2.87. The number of para-hydroxylation sites is 1. The number of hydrogen-bond acceptors (Lipinski definition) is 1. The van der Waals surface area contributed by atoms with E-state index in [9.17, 15) is 0 Å². The molecule has 2 rings (SSSR count). The van der Waals surface area contributed by atoms with E-state index in [4.69, 9.17) is 0 Å². The monoisotopic (exact) mass is 209 g/mol. The average molecular weight is 209 g/mol. The molecule has 80 valence electrons. The molecule has 0 N–H and O–H groups in total. The Morgan fingerprint density at radius 2 is 2.00 bits per heavy atom. The third-order valence-corrected chi connectivity index (χ3v) is 2.76. The van der Waals surface area contributed by atoms with Gasteiger partial charge in [0.2, 0.25) is 0 Å². The number of benzene rings is 1. The molecule has 0 unspecified atom stereocenters. The van der Waals surface area contributed by atoms with Crippen LogP contribution in [-0.2, 0) is 0 Å². The quantitative estimate of drug-likeness (QED) is 0.721. The molecular weight excluding hydrogens is 194 g/mol. The lowest BCUT2D eigenvalue weighted by Gasteiger charge is -2.09. The first kappa shape index (κ1) is 10.6. The average Bonchev–Trinajstić information content (AvgIpc) is 2.33. The highest BCUT2D eigenvalue weighted by Crippen LogP contribution is 2.24. The van der Waals surface area contributed by atoms with Crippen LogP contribution in [0.4, 0.5) is 0 Å². The Morgan fingerprint density at radius 3 is 2.69 bits per heavy atom. The van der Waals surface area contributed by atoms with E-state index in [0.29, 0.717) is 0 Å². The van der Waals surface area contributed by atoms with Gasteiger partial charge in [-0.15, -0.1) is 0 Å². The minimum absolute atomic E-state index is 0.953. The molecular formula is C15H15N. The summed E-state index contributed by atoms with van der Waals surface area (Å²) in [6, 6.07) is 8.20. The molecule has 1 aromatic heterocycles. The van der Waals surface area contributed by atoms with Gasteiger partial charge in [-0.2, -0.15) is 0 Å². The summed E-state index contributed by atoms with van der Waals surface area (Å²) in [4.78, 5) is 4.60. The smallest absolute Gasteiger partial charge is 0.0712 e. The maximum absolute atomic E-state index is 4.60. The van der Waals surface area contributed by atoms with E-state index >= 15 is 0 Å². The molecule has 1 heteroatoms. The minimum Gasteiger partial charge on any atom is -0.248 e. The van der Waals surface area contributed by atoms with Crippen molar-refractivity contribution < 1.29 is 0 Å². The molecule has 0 aliphatic carbocycles. The van der Waals surface area contributed by atoms with Crippen LogP contribution in [0.15, 0.2) is 36.9 Å². The molecule has 1 nitrogen and oxygen atoms in total. The van der Waals surface area contributed by atoms with Crippen molar-refractivity contribution in [1.29, 1.82) is 0 Å². The lowest BCUT2D eigenvalue weighted by Crippen LogP contribution is -1.93. The van der Waals surface area contributed by atoms with Gasteiger partial charge in [-0.3, -0.25) is 0 Å². The molecule has 0 saturated heterocycles. The third kappa shape index (κ3) is 1.65. The lowest BCUT2D eigenvalue weighted by molar-refractivity contribution is 1.31. The number of hydrogen-bond donors (Lipinski definition) is 0. The molecule has 0 aliphatic rings. The molecule has 1 aromatic carbocycles. The standard InChI is InChI=1S/C15H15N/c1-4-8-12-11(3)13-9-6-7-10-15(13)16-14(12)5-2/h4-10H,2H2,1,3H3/b8-4-. The second kappa shape index (κ2) is 4.31. The zero-order valence-corrected chi connectivity index (χ0v) is 9.70. The molecule has 0 radical (unpaired) electrons. The van der Waals surface area contributed by atoms with Gasteiger partial charge in [0.1, 0.15) is 0 Å². The predicted molar refractivity (Wildman–Crippen MR) is 71.3 cm³/mol. The van der Waals surface area contributed by atoms with Crippen molar-refractivity contribution in [2.75, 3.05) is 0 Å². The number of aromatic nitrogens is 1. The van der Waals surface area contributed by atoms with Crippen molar-refractivity contribution in [2.45, 2.75) is 13.8 Å².